The molecule has 0 bridgehead atoms. The average Bonchev–Trinajstić information content (AvgIpc) is 2.37. The summed E-state index contributed by atoms with van der Waals surface area (Å²) in [5.74, 6) is -1.06. The largest absolute Gasteiger partial charge is 1.00 e. The molecule has 0 saturated carbocycles. The molecule has 0 radical (unpaired) electrons. The molecule has 0 saturated heterocycles. The van der Waals surface area contributed by atoms with Crippen molar-refractivity contribution in [3.63, 3.8) is 0 Å². The van der Waals surface area contributed by atoms with Crippen LogP contribution in [0.15, 0.2) is 47.4 Å². The Balaban J connectivity index is 0.00000220. The molecule has 2 aromatic carbocycles. The Morgan fingerprint density at radius 1 is 1.05 bits per heavy atom. The van der Waals surface area contributed by atoms with Crippen molar-refractivity contribution >= 4 is 11.1 Å². The van der Waals surface area contributed by atoms with Crippen LogP contribution >= 0.6 is 0 Å². The fourth-order valence-electron chi connectivity index (χ4n) is 1.69. The molecule has 0 aliphatic heterocycles. The maximum atomic E-state index is 13.7. The monoisotopic (exact) mass is 326 g/mol. The zero-order chi connectivity index (χ0) is 14.9. The number of alkyl halides is 3. The van der Waals surface area contributed by atoms with Crippen LogP contribution in [0.25, 0.3) is 11.1 Å². The Kier molecular flexibility index (Phi) is 6.12. The predicted molar refractivity (Wildman–Crippen MR) is 64.0 cm³/mol. The maximum Gasteiger partial charge on any atom is 1.00 e. The van der Waals surface area contributed by atoms with E-state index in [0.717, 1.165) is 12.1 Å². The van der Waals surface area contributed by atoms with Gasteiger partial charge in [0.15, 0.2) is 0 Å². The second kappa shape index (κ2) is 7.02. The summed E-state index contributed by atoms with van der Waals surface area (Å²) in [5, 5.41) is 0. The summed E-state index contributed by atoms with van der Waals surface area (Å²) in [6.45, 7) is 0. The van der Waals surface area contributed by atoms with E-state index in [1.807, 2.05) is 0 Å². The Morgan fingerprint density at radius 3 is 2.24 bits per heavy atom. The zero-order valence-electron chi connectivity index (χ0n) is 10.8. The van der Waals surface area contributed by atoms with Gasteiger partial charge in [-0.15, -0.1) is 0 Å². The van der Waals surface area contributed by atoms with Gasteiger partial charge in [-0.3, -0.25) is 4.21 Å². The van der Waals surface area contributed by atoms with Gasteiger partial charge < -0.3 is 4.55 Å². The summed E-state index contributed by atoms with van der Waals surface area (Å²) in [5.41, 5.74) is -0.995. The number of hydrogen-bond donors (Lipinski definition) is 0. The molecule has 21 heavy (non-hydrogen) atoms. The molecule has 0 spiro atoms. The summed E-state index contributed by atoms with van der Waals surface area (Å²) in [6, 6.07) is 7.41. The Morgan fingerprint density at radius 2 is 1.71 bits per heavy atom. The van der Waals surface area contributed by atoms with Crippen molar-refractivity contribution in [1.29, 1.82) is 0 Å². The van der Waals surface area contributed by atoms with E-state index in [2.05, 4.69) is 0 Å². The number of halogens is 4. The Hall–Kier alpha value is -0.730. The number of benzene rings is 2. The van der Waals surface area contributed by atoms with Crippen molar-refractivity contribution in [1.82, 2.24) is 0 Å². The minimum Gasteiger partial charge on any atom is -0.768 e. The van der Waals surface area contributed by atoms with Gasteiger partial charge in [-0.05, 0) is 40.9 Å². The Bertz CT molecular complexity index is 673. The van der Waals surface area contributed by atoms with Crippen LogP contribution in [0.3, 0.4) is 0 Å². The van der Waals surface area contributed by atoms with E-state index in [-0.39, 0.29) is 45.6 Å². The third-order valence-electron chi connectivity index (χ3n) is 2.63. The van der Waals surface area contributed by atoms with Crippen molar-refractivity contribution in [3.8, 4) is 11.1 Å². The van der Waals surface area contributed by atoms with Crippen molar-refractivity contribution in [2.45, 2.75) is 11.1 Å². The molecule has 0 fully saturated rings. The van der Waals surface area contributed by atoms with Gasteiger partial charge in [0.05, 0.1) is 5.56 Å². The van der Waals surface area contributed by atoms with Crippen LogP contribution < -0.4 is 29.6 Å². The van der Waals surface area contributed by atoms with Crippen molar-refractivity contribution in [2.75, 3.05) is 0 Å². The topological polar surface area (TPSA) is 40.1 Å². The molecule has 0 amide bonds. The van der Waals surface area contributed by atoms with Crippen LogP contribution in [-0.4, -0.2) is 8.76 Å². The van der Waals surface area contributed by atoms with Crippen molar-refractivity contribution in [3.05, 3.63) is 53.8 Å². The summed E-state index contributed by atoms with van der Waals surface area (Å²) in [6.07, 6.45) is -4.63. The fraction of sp³-hybridized carbons (Fsp3) is 0.0769. The van der Waals surface area contributed by atoms with Gasteiger partial charge in [-0.2, -0.15) is 13.2 Å². The first-order valence-electron chi connectivity index (χ1n) is 5.35. The first-order chi connectivity index (χ1) is 9.29. The van der Waals surface area contributed by atoms with Crippen LogP contribution in [0.1, 0.15) is 5.56 Å². The second-order valence-corrected chi connectivity index (χ2v) is 4.90. The molecule has 2 aromatic rings. The van der Waals surface area contributed by atoms with Crippen LogP contribution in [0, 0.1) is 5.82 Å². The molecule has 2 rings (SSSR count). The first kappa shape index (κ1) is 18.3. The molecule has 1 atom stereocenters. The van der Waals surface area contributed by atoms with E-state index in [1.54, 1.807) is 0 Å². The van der Waals surface area contributed by atoms with Gasteiger partial charge in [0.1, 0.15) is 5.82 Å². The normalized spacial score (nSPS) is 12.6. The first-order valence-corrected chi connectivity index (χ1v) is 6.43. The molecule has 106 valence electrons. The predicted octanol–water partition coefficient (Wildman–Crippen LogP) is 0.754. The summed E-state index contributed by atoms with van der Waals surface area (Å²) in [4.78, 5) is -0.0678. The van der Waals surface area contributed by atoms with Gasteiger partial charge >= 0.3 is 35.7 Å². The summed E-state index contributed by atoms with van der Waals surface area (Å²) >= 11 is -2.49. The van der Waals surface area contributed by atoms with Crippen LogP contribution in [-0.2, 0) is 17.3 Å². The fourth-order valence-corrected chi connectivity index (χ4v) is 2.11. The van der Waals surface area contributed by atoms with Crippen LogP contribution in [0.5, 0.6) is 0 Å². The van der Waals surface area contributed by atoms with Crippen molar-refractivity contribution in [2.24, 2.45) is 0 Å². The SMILES string of the molecule is O=S([O-])c1cccc(-c2ccc(C(F)(F)F)cc2F)c1.[Na+]. The smallest absolute Gasteiger partial charge is 0.768 e. The molecular weight excluding hydrogens is 319 g/mol. The van der Waals surface area contributed by atoms with E-state index in [4.69, 9.17) is 0 Å². The summed E-state index contributed by atoms with van der Waals surface area (Å²) in [7, 11) is 0. The van der Waals surface area contributed by atoms with E-state index >= 15 is 0 Å². The third kappa shape index (κ3) is 4.37. The zero-order valence-corrected chi connectivity index (χ0v) is 13.6. The molecule has 0 aliphatic carbocycles. The third-order valence-corrected chi connectivity index (χ3v) is 3.27. The number of hydrogen-bond acceptors (Lipinski definition) is 2. The van der Waals surface area contributed by atoms with Gasteiger partial charge in [-0.25, -0.2) is 4.39 Å². The van der Waals surface area contributed by atoms with E-state index in [1.165, 1.54) is 24.3 Å². The summed E-state index contributed by atoms with van der Waals surface area (Å²) < 4.78 is 72.6. The minimum absolute atomic E-state index is 0. The standard InChI is InChI=1S/C13H8F4O2S.Na/c14-12-7-9(13(15,16)17)4-5-11(12)8-2-1-3-10(6-8)20(18)19;/h1-7H,(H,18,19);/q;+1/p-1. The Labute approximate surface area is 142 Å². The molecule has 0 aliphatic rings. The maximum absolute atomic E-state index is 13.7. The molecule has 0 N–H and O–H groups in total. The molecule has 2 nitrogen and oxygen atoms in total. The van der Waals surface area contributed by atoms with Gasteiger partial charge in [-0.1, -0.05) is 18.2 Å². The molecule has 0 heterocycles. The quantitative estimate of drug-likeness (QED) is 0.464. The number of rotatable bonds is 2. The van der Waals surface area contributed by atoms with E-state index in [0.29, 0.717) is 6.07 Å². The molecule has 1 unspecified atom stereocenters. The second-order valence-electron chi connectivity index (χ2n) is 3.95. The van der Waals surface area contributed by atoms with E-state index < -0.39 is 28.6 Å². The van der Waals surface area contributed by atoms with Gasteiger partial charge in [0, 0.05) is 10.5 Å². The molecule has 8 heteroatoms. The van der Waals surface area contributed by atoms with Gasteiger partial charge in [0.25, 0.3) is 0 Å². The average molecular weight is 326 g/mol. The van der Waals surface area contributed by atoms with Gasteiger partial charge in [0.2, 0.25) is 0 Å². The van der Waals surface area contributed by atoms with Crippen LogP contribution in [0.2, 0.25) is 0 Å². The molecular formula is C13H7F4NaO2S. The van der Waals surface area contributed by atoms with Crippen molar-refractivity contribution < 1.29 is 55.9 Å². The minimum atomic E-state index is -4.63. The van der Waals surface area contributed by atoms with E-state index in [9.17, 15) is 26.3 Å². The molecule has 0 aromatic heterocycles. The van der Waals surface area contributed by atoms with Crippen LogP contribution in [0.4, 0.5) is 17.6 Å².